The Kier molecular flexibility index (Phi) is 3.17. The highest BCUT2D eigenvalue weighted by Crippen LogP contribution is 2.17. The van der Waals surface area contributed by atoms with Crippen LogP contribution < -0.4 is 4.74 Å². The van der Waals surface area contributed by atoms with Crippen LogP contribution in [0.5, 0.6) is 5.75 Å². The van der Waals surface area contributed by atoms with E-state index in [0.29, 0.717) is 6.29 Å². The van der Waals surface area contributed by atoms with E-state index in [0.717, 1.165) is 6.07 Å². The Labute approximate surface area is 78.9 Å². The van der Waals surface area contributed by atoms with Gasteiger partial charge in [-0.15, -0.1) is 0 Å². The molecule has 0 heterocycles. The second-order valence-corrected chi connectivity index (χ2v) is 2.49. The third kappa shape index (κ3) is 2.55. The zero-order chi connectivity index (χ0) is 10.6. The maximum atomic E-state index is 13.0. The van der Waals surface area contributed by atoms with E-state index < -0.39 is 18.4 Å². The van der Waals surface area contributed by atoms with Gasteiger partial charge in [-0.05, 0) is 18.2 Å². The molecule has 0 spiro atoms. The number of carbonyl (C=O) groups excluding carboxylic acids is 1. The quantitative estimate of drug-likeness (QED) is 0.736. The van der Waals surface area contributed by atoms with E-state index in [1.165, 1.54) is 12.1 Å². The van der Waals surface area contributed by atoms with Crippen molar-refractivity contribution in [3.63, 3.8) is 0 Å². The molecule has 1 aromatic carbocycles. The molecule has 0 radical (unpaired) electrons. The first-order valence-corrected chi connectivity index (χ1v) is 3.73. The van der Waals surface area contributed by atoms with Crippen molar-refractivity contribution in [2.45, 2.75) is 0 Å². The lowest BCUT2D eigenvalue weighted by Gasteiger charge is -2.03. The van der Waals surface area contributed by atoms with E-state index in [9.17, 15) is 14.0 Å². The molecule has 0 atom stereocenters. The molecule has 1 aromatic rings. The van der Waals surface area contributed by atoms with Crippen molar-refractivity contribution in [3.05, 3.63) is 29.6 Å². The average molecular weight is 198 g/mol. The normalized spacial score (nSPS) is 9.50. The standard InChI is InChI=1S/C9H7FO4/c10-7-3-6(4-11)1-2-8(7)14-5-9(12)13/h1-4H,5H2,(H,12,13). The molecule has 74 valence electrons. The number of aldehydes is 1. The molecule has 14 heavy (non-hydrogen) atoms. The topological polar surface area (TPSA) is 63.6 Å². The first-order valence-electron chi connectivity index (χ1n) is 3.73. The number of carbonyl (C=O) groups is 2. The fourth-order valence-corrected chi connectivity index (χ4v) is 0.847. The summed E-state index contributed by atoms with van der Waals surface area (Å²) in [5, 5.41) is 8.26. The Morgan fingerprint density at radius 1 is 1.57 bits per heavy atom. The number of carboxylic acid groups (broad SMARTS) is 1. The summed E-state index contributed by atoms with van der Waals surface area (Å²) in [7, 11) is 0. The molecule has 0 aliphatic carbocycles. The summed E-state index contributed by atoms with van der Waals surface area (Å²) in [6.07, 6.45) is 0.490. The van der Waals surface area contributed by atoms with Crippen LogP contribution >= 0.6 is 0 Å². The number of hydrogen-bond acceptors (Lipinski definition) is 3. The van der Waals surface area contributed by atoms with Gasteiger partial charge < -0.3 is 9.84 Å². The summed E-state index contributed by atoms with van der Waals surface area (Å²) in [4.78, 5) is 20.3. The molecule has 1 rings (SSSR count). The van der Waals surface area contributed by atoms with Gasteiger partial charge in [0.15, 0.2) is 18.2 Å². The molecule has 0 saturated carbocycles. The number of hydrogen-bond donors (Lipinski definition) is 1. The first-order chi connectivity index (χ1) is 6.63. The van der Waals surface area contributed by atoms with Gasteiger partial charge in [0.2, 0.25) is 0 Å². The Morgan fingerprint density at radius 3 is 2.79 bits per heavy atom. The maximum Gasteiger partial charge on any atom is 0.341 e. The minimum atomic E-state index is -1.19. The molecule has 4 nitrogen and oxygen atoms in total. The molecular formula is C9H7FO4. The van der Waals surface area contributed by atoms with Crippen LogP contribution in [0.3, 0.4) is 0 Å². The first kappa shape index (κ1) is 10.2. The maximum absolute atomic E-state index is 13.0. The van der Waals surface area contributed by atoms with Gasteiger partial charge >= 0.3 is 5.97 Å². The van der Waals surface area contributed by atoms with Crippen LogP contribution in [0.2, 0.25) is 0 Å². The summed E-state index contributed by atoms with van der Waals surface area (Å²) in [5.41, 5.74) is 0.171. The molecule has 0 aliphatic rings. The fraction of sp³-hybridized carbons (Fsp3) is 0.111. The van der Waals surface area contributed by atoms with E-state index >= 15 is 0 Å². The van der Waals surface area contributed by atoms with E-state index in [2.05, 4.69) is 4.74 Å². The van der Waals surface area contributed by atoms with Crippen molar-refractivity contribution in [1.29, 1.82) is 0 Å². The highest BCUT2D eigenvalue weighted by molar-refractivity contribution is 5.75. The van der Waals surface area contributed by atoms with Gasteiger partial charge in [0.05, 0.1) is 0 Å². The molecule has 0 unspecified atom stereocenters. The second-order valence-electron chi connectivity index (χ2n) is 2.49. The molecular weight excluding hydrogens is 191 g/mol. The minimum Gasteiger partial charge on any atom is -0.479 e. The van der Waals surface area contributed by atoms with Crippen LogP contribution in [0.15, 0.2) is 18.2 Å². The molecule has 0 aromatic heterocycles. The van der Waals surface area contributed by atoms with Gasteiger partial charge in [-0.3, -0.25) is 4.79 Å². The van der Waals surface area contributed by atoms with Crippen LogP contribution in [-0.2, 0) is 4.79 Å². The largest absolute Gasteiger partial charge is 0.479 e. The lowest BCUT2D eigenvalue weighted by molar-refractivity contribution is -0.139. The smallest absolute Gasteiger partial charge is 0.341 e. The molecule has 0 amide bonds. The average Bonchev–Trinajstić information content (AvgIpc) is 2.15. The lowest BCUT2D eigenvalue weighted by atomic mass is 10.2. The summed E-state index contributed by atoms with van der Waals surface area (Å²) in [6, 6.07) is 3.53. The minimum absolute atomic E-state index is 0.171. The van der Waals surface area contributed by atoms with Gasteiger partial charge in [-0.2, -0.15) is 0 Å². The third-order valence-corrected chi connectivity index (χ3v) is 1.44. The van der Waals surface area contributed by atoms with Gasteiger partial charge in [-0.1, -0.05) is 0 Å². The van der Waals surface area contributed by atoms with Crippen molar-refractivity contribution in [1.82, 2.24) is 0 Å². The second kappa shape index (κ2) is 4.36. The van der Waals surface area contributed by atoms with E-state index in [4.69, 9.17) is 5.11 Å². The molecule has 0 aliphatic heterocycles. The number of benzene rings is 1. The Hall–Kier alpha value is -1.91. The van der Waals surface area contributed by atoms with Crippen LogP contribution in [0.25, 0.3) is 0 Å². The predicted molar refractivity (Wildman–Crippen MR) is 44.9 cm³/mol. The summed E-state index contributed by atoms with van der Waals surface area (Å²) >= 11 is 0. The summed E-state index contributed by atoms with van der Waals surface area (Å²) in [6.45, 7) is -0.614. The van der Waals surface area contributed by atoms with Crippen molar-refractivity contribution >= 4 is 12.3 Å². The molecule has 1 N–H and O–H groups in total. The molecule has 0 bridgehead atoms. The third-order valence-electron chi connectivity index (χ3n) is 1.44. The highest BCUT2D eigenvalue weighted by atomic mass is 19.1. The fourth-order valence-electron chi connectivity index (χ4n) is 0.847. The van der Waals surface area contributed by atoms with E-state index in [1.54, 1.807) is 0 Å². The number of halogens is 1. The van der Waals surface area contributed by atoms with Crippen LogP contribution in [0, 0.1) is 5.82 Å². The Morgan fingerprint density at radius 2 is 2.29 bits per heavy atom. The number of ether oxygens (including phenoxy) is 1. The number of rotatable bonds is 4. The zero-order valence-electron chi connectivity index (χ0n) is 7.07. The molecule has 0 fully saturated rings. The van der Waals surface area contributed by atoms with Crippen molar-refractivity contribution in [2.75, 3.05) is 6.61 Å². The van der Waals surface area contributed by atoms with Crippen LogP contribution in [0.1, 0.15) is 10.4 Å². The van der Waals surface area contributed by atoms with Gasteiger partial charge in [-0.25, -0.2) is 9.18 Å². The van der Waals surface area contributed by atoms with Crippen molar-refractivity contribution < 1.29 is 23.8 Å². The Balaban J connectivity index is 2.78. The van der Waals surface area contributed by atoms with Gasteiger partial charge in [0, 0.05) is 5.56 Å². The van der Waals surface area contributed by atoms with Gasteiger partial charge in [0.1, 0.15) is 6.29 Å². The van der Waals surface area contributed by atoms with Crippen molar-refractivity contribution in [3.8, 4) is 5.75 Å². The number of aliphatic carboxylic acids is 1. The van der Waals surface area contributed by atoms with E-state index in [1.807, 2.05) is 0 Å². The highest BCUT2D eigenvalue weighted by Gasteiger charge is 2.06. The summed E-state index contributed by atoms with van der Waals surface area (Å²) in [5.74, 6) is -2.13. The molecule has 5 heteroatoms. The monoisotopic (exact) mass is 198 g/mol. The molecule has 0 saturated heterocycles. The van der Waals surface area contributed by atoms with Crippen LogP contribution in [0.4, 0.5) is 4.39 Å². The van der Waals surface area contributed by atoms with E-state index in [-0.39, 0.29) is 11.3 Å². The zero-order valence-corrected chi connectivity index (χ0v) is 7.07. The summed E-state index contributed by atoms with van der Waals surface area (Å²) < 4.78 is 17.6. The Bertz CT molecular complexity index is 362. The lowest BCUT2D eigenvalue weighted by Crippen LogP contribution is -2.10. The van der Waals surface area contributed by atoms with Crippen molar-refractivity contribution in [2.24, 2.45) is 0 Å². The van der Waals surface area contributed by atoms with Crippen LogP contribution in [-0.4, -0.2) is 24.0 Å². The van der Waals surface area contributed by atoms with Gasteiger partial charge in [0.25, 0.3) is 0 Å². The predicted octanol–water partition coefficient (Wildman–Crippen LogP) is 1.10. The number of carboxylic acids is 1. The SMILES string of the molecule is O=Cc1ccc(OCC(=O)O)c(F)c1.